The number of aromatic nitrogens is 4. The topological polar surface area (TPSA) is 256 Å². The van der Waals surface area contributed by atoms with Gasteiger partial charge in [-0.15, -0.1) is 0 Å². The van der Waals surface area contributed by atoms with Crippen LogP contribution in [0.5, 0.6) is 0 Å². The molecule has 0 unspecified atom stereocenters. The molecule has 0 radical (unpaired) electrons. The van der Waals surface area contributed by atoms with Gasteiger partial charge in [-0.2, -0.15) is 4.98 Å². The van der Waals surface area contributed by atoms with Crippen molar-refractivity contribution >= 4 is 11.0 Å². The highest BCUT2D eigenvalue weighted by Gasteiger charge is 2.27. The molecule has 2 heterocycles. The smallest absolute Gasteiger partial charge is 0.349 e. The van der Waals surface area contributed by atoms with Crippen LogP contribution < -0.4 is 11.2 Å². The molecule has 1 aromatic carbocycles. The molecule has 13 heteroatoms. The van der Waals surface area contributed by atoms with Gasteiger partial charge < -0.3 is 41.4 Å². The van der Waals surface area contributed by atoms with E-state index in [1.54, 1.807) is 12.1 Å². The second-order valence-corrected chi connectivity index (χ2v) is 6.50. The number of nitrogens with zero attached hydrogens (tertiary/aromatic N) is 3. The molecule has 2 aliphatic rings. The first-order valence-corrected chi connectivity index (χ1v) is 8.29. The van der Waals surface area contributed by atoms with Crippen molar-refractivity contribution in [1.29, 1.82) is 0 Å². The van der Waals surface area contributed by atoms with Crippen molar-refractivity contribution < 1.29 is 36.9 Å². The summed E-state index contributed by atoms with van der Waals surface area (Å²) in [5.74, 6) is -0.0516. The Bertz CT molecular complexity index is 1080. The fourth-order valence-electron chi connectivity index (χ4n) is 2.89. The van der Waals surface area contributed by atoms with Crippen LogP contribution in [-0.4, -0.2) is 81.3 Å². The van der Waals surface area contributed by atoms with E-state index in [1.807, 2.05) is 13.8 Å². The third-order valence-electron chi connectivity index (χ3n) is 4.57. The van der Waals surface area contributed by atoms with E-state index in [-0.39, 0.29) is 34.5 Å². The summed E-state index contributed by atoms with van der Waals surface area (Å²) in [5, 5.41) is 38.8. The predicted molar refractivity (Wildman–Crippen MR) is 106 cm³/mol. The number of hydrogen-bond acceptors (Lipinski definition) is 8. The maximum Gasteiger partial charge on any atom is 0.349 e. The Labute approximate surface area is 169 Å². The number of H-pyrrole nitrogens is 1. The molecule has 1 aromatic rings. The van der Waals surface area contributed by atoms with Gasteiger partial charge in [-0.05, 0) is 37.1 Å². The monoisotopic (exact) mass is 430 g/mol. The van der Waals surface area contributed by atoms with E-state index in [4.69, 9.17) is 5.11 Å². The van der Waals surface area contributed by atoms with Crippen LogP contribution in [0.4, 0.5) is 0 Å². The van der Waals surface area contributed by atoms with Crippen molar-refractivity contribution in [2.75, 3.05) is 6.61 Å². The van der Waals surface area contributed by atoms with Gasteiger partial charge in [0.15, 0.2) is 11.5 Å². The highest BCUT2D eigenvalue weighted by atomic mass is 16.4. The molecule has 0 aliphatic carbocycles. The van der Waals surface area contributed by atoms with Gasteiger partial charge in [-0.25, -0.2) is 9.78 Å². The number of aliphatic hydroxyl groups is 4. The molecule has 0 aromatic heterocycles. The summed E-state index contributed by atoms with van der Waals surface area (Å²) in [6.07, 6.45) is -4.68. The zero-order valence-corrected chi connectivity index (χ0v) is 16.2. The lowest BCUT2D eigenvalue weighted by Gasteiger charge is -2.25. The Kier molecular flexibility index (Phi) is 9.35. The first-order valence-electron chi connectivity index (χ1n) is 8.29. The minimum Gasteiger partial charge on any atom is -0.412 e. The molecule has 30 heavy (non-hydrogen) atoms. The van der Waals surface area contributed by atoms with E-state index in [9.17, 15) is 24.9 Å². The van der Waals surface area contributed by atoms with E-state index in [2.05, 4.69) is 15.0 Å². The van der Waals surface area contributed by atoms with Crippen LogP contribution >= 0.6 is 0 Å². The van der Waals surface area contributed by atoms with Gasteiger partial charge in [0.2, 0.25) is 0 Å². The van der Waals surface area contributed by atoms with Crippen molar-refractivity contribution in [1.82, 2.24) is 19.5 Å². The fraction of sp³-hybridized carbons (Fsp3) is 0.412. The highest BCUT2D eigenvalue weighted by molar-refractivity contribution is 5.81. The van der Waals surface area contributed by atoms with Crippen molar-refractivity contribution in [2.24, 2.45) is 0 Å². The summed E-state index contributed by atoms with van der Waals surface area (Å²) < 4.78 is 1.40. The van der Waals surface area contributed by atoms with Crippen LogP contribution in [0.1, 0.15) is 11.1 Å². The van der Waals surface area contributed by atoms with Gasteiger partial charge in [0, 0.05) is 0 Å². The summed E-state index contributed by atoms with van der Waals surface area (Å²) in [6.45, 7) is 2.73. The van der Waals surface area contributed by atoms with Crippen LogP contribution in [0.2, 0.25) is 0 Å². The van der Waals surface area contributed by atoms with Crippen LogP contribution in [0, 0.1) is 13.8 Å². The maximum atomic E-state index is 12.2. The maximum absolute atomic E-state index is 12.2. The Hall–Kier alpha value is -2.78. The summed E-state index contributed by atoms with van der Waals surface area (Å²) in [5.41, 5.74) is 1.11. The molecule has 0 fully saturated rings. The Balaban J connectivity index is 0.00000280. The van der Waals surface area contributed by atoms with Gasteiger partial charge in [0.25, 0.3) is 5.56 Å². The highest BCUT2D eigenvalue weighted by Crippen LogP contribution is 2.24. The lowest BCUT2D eigenvalue weighted by molar-refractivity contribution is -0.0802. The van der Waals surface area contributed by atoms with Gasteiger partial charge in [0.1, 0.15) is 18.3 Å². The first kappa shape index (κ1) is 27.2. The standard InChI is InChI=1S/C17H20N4O6.3H2O/c1-7-3-9-10(4-8(7)2)21(5-11(23)14(25)12(24)6-22)15-13(18-9)16(26)20-17(27)19-15;;;/h3-4,11-12,14,22-25H,5-6H2,1-2H3,(H,20,26,27);3*1H2/t11-,12+,14-;;;/m0.../s1. The van der Waals surface area contributed by atoms with Crippen molar-refractivity contribution in [2.45, 2.75) is 38.7 Å². The number of rotatable bonds is 5. The second-order valence-electron chi connectivity index (χ2n) is 6.50. The lowest BCUT2D eigenvalue weighted by Crippen LogP contribution is -2.42. The summed E-state index contributed by atoms with van der Waals surface area (Å²) in [7, 11) is 0. The van der Waals surface area contributed by atoms with Crippen LogP contribution in [0.15, 0.2) is 21.7 Å². The molecule has 168 valence electrons. The molecule has 0 bridgehead atoms. The van der Waals surface area contributed by atoms with Crippen molar-refractivity contribution in [3.63, 3.8) is 0 Å². The molecule has 0 spiro atoms. The number of fused-ring (bicyclic) bond motifs is 2. The number of benzene rings is 1. The summed E-state index contributed by atoms with van der Waals surface area (Å²) >= 11 is 0. The molecule has 3 rings (SSSR count). The molecule has 0 saturated carbocycles. The zero-order chi connectivity index (χ0) is 19.9. The van der Waals surface area contributed by atoms with E-state index >= 15 is 0 Å². The molecule has 0 amide bonds. The summed E-state index contributed by atoms with van der Waals surface area (Å²) in [4.78, 5) is 34.0. The fourth-order valence-corrected chi connectivity index (χ4v) is 2.89. The third kappa shape index (κ3) is 4.85. The van der Waals surface area contributed by atoms with Crippen molar-refractivity contribution in [3.05, 3.63) is 44.1 Å². The number of aryl methyl sites for hydroxylation is 2. The zero-order valence-electron chi connectivity index (χ0n) is 16.2. The molecule has 11 N–H and O–H groups in total. The van der Waals surface area contributed by atoms with Crippen LogP contribution in [0.25, 0.3) is 22.6 Å². The van der Waals surface area contributed by atoms with Gasteiger partial charge in [0.05, 0.1) is 24.2 Å². The van der Waals surface area contributed by atoms with Crippen molar-refractivity contribution in [3.8, 4) is 11.5 Å². The molecule has 2 aliphatic heterocycles. The molecule has 0 saturated heterocycles. The lowest BCUT2D eigenvalue weighted by atomic mass is 10.1. The SMILES string of the molecule is Cc1cc2nc3c(=O)[nH]c(=O)nc-3n(C[C@H](O)[C@H](O)[C@H](O)CO)c2cc1C.O.O.O. The number of aromatic amines is 1. The van der Waals surface area contributed by atoms with Crippen LogP contribution in [-0.2, 0) is 6.54 Å². The molecular formula is C17H26N4O9. The third-order valence-corrected chi connectivity index (χ3v) is 4.57. The Morgan fingerprint density at radius 2 is 1.60 bits per heavy atom. The molecule has 13 nitrogen and oxygen atoms in total. The molecule has 3 atom stereocenters. The second kappa shape index (κ2) is 10.3. The van der Waals surface area contributed by atoms with E-state index in [0.29, 0.717) is 11.0 Å². The Morgan fingerprint density at radius 1 is 1.00 bits per heavy atom. The average molecular weight is 430 g/mol. The quantitative estimate of drug-likeness (QED) is 0.247. The van der Waals surface area contributed by atoms with E-state index < -0.39 is 36.2 Å². The van der Waals surface area contributed by atoms with Gasteiger partial charge in [-0.1, -0.05) is 0 Å². The first-order chi connectivity index (χ1) is 12.7. The van der Waals surface area contributed by atoms with E-state index in [0.717, 1.165) is 11.1 Å². The minimum absolute atomic E-state index is 0. The van der Waals surface area contributed by atoms with Gasteiger partial charge >= 0.3 is 5.69 Å². The molecular weight excluding hydrogens is 404 g/mol. The Morgan fingerprint density at radius 3 is 2.20 bits per heavy atom. The normalized spacial score (nSPS) is 13.7. The van der Waals surface area contributed by atoms with Gasteiger partial charge in [-0.3, -0.25) is 9.78 Å². The van der Waals surface area contributed by atoms with Crippen LogP contribution in [0.3, 0.4) is 0 Å². The predicted octanol–water partition coefficient (Wildman–Crippen LogP) is -4.20. The largest absolute Gasteiger partial charge is 0.412 e. The summed E-state index contributed by atoms with van der Waals surface area (Å²) in [6, 6.07) is 3.53. The average Bonchev–Trinajstić information content (AvgIpc) is 2.62. The number of aliphatic hydroxyl groups excluding tert-OH is 4. The van der Waals surface area contributed by atoms with E-state index in [1.165, 1.54) is 4.57 Å². The number of nitrogens with one attached hydrogen (secondary N) is 1. The number of hydrogen-bond donors (Lipinski definition) is 5. The minimum atomic E-state index is -1.64.